The van der Waals surface area contributed by atoms with Crippen molar-refractivity contribution in [3.63, 3.8) is 0 Å². The number of hydrazine groups is 1. The fourth-order valence-corrected chi connectivity index (χ4v) is 3.49. The molecular formula is C18H20ClN3O5. The molecule has 0 unspecified atom stereocenters. The number of halogens is 1. The number of amides is 4. The topological polar surface area (TPSA) is 105 Å². The highest BCUT2D eigenvalue weighted by atomic mass is 35.5. The third-order valence-electron chi connectivity index (χ3n) is 4.92. The molecule has 1 aliphatic heterocycles. The Hall–Kier alpha value is -2.61. The molecule has 1 saturated carbocycles. The molecule has 0 radical (unpaired) electrons. The van der Waals surface area contributed by atoms with Gasteiger partial charge in [-0.2, -0.15) is 5.01 Å². The Morgan fingerprint density at radius 3 is 2.70 bits per heavy atom. The molecule has 27 heavy (non-hydrogen) atoms. The van der Waals surface area contributed by atoms with Crippen LogP contribution >= 0.6 is 11.6 Å². The van der Waals surface area contributed by atoms with E-state index in [2.05, 4.69) is 17.7 Å². The Morgan fingerprint density at radius 2 is 2.04 bits per heavy atom. The van der Waals surface area contributed by atoms with Crippen LogP contribution in [0.2, 0.25) is 5.02 Å². The summed E-state index contributed by atoms with van der Waals surface area (Å²) in [6.45, 7) is 1.47. The molecule has 2 aliphatic rings. The minimum Gasteiger partial charge on any atom is -0.452 e. The molecule has 3 rings (SSSR count). The van der Waals surface area contributed by atoms with Gasteiger partial charge in [0.1, 0.15) is 5.54 Å². The Morgan fingerprint density at radius 1 is 1.33 bits per heavy atom. The Labute approximate surface area is 161 Å². The number of hydrogen-bond donors (Lipinski definition) is 2. The zero-order chi connectivity index (χ0) is 19.6. The SMILES string of the molecule is CC1CCC2(CC1)NC(=O)N(NC(=O)COC(=O)c1cccc(Cl)c1)C2=O. The highest BCUT2D eigenvalue weighted by Gasteiger charge is 2.52. The molecule has 8 nitrogen and oxygen atoms in total. The van der Waals surface area contributed by atoms with Gasteiger partial charge in [0.15, 0.2) is 6.61 Å². The molecule has 0 aromatic heterocycles. The summed E-state index contributed by atoms with van der Waals surface area (Å²) in [6.07, 6.45) is 2.72. The molecular weight excluding hydrogens is 374 g/mol. The summed E-state index contributed by atoms with van der Waals surface area (Å²) in [4.78, 5) is 48.7. The Bertz CT molecular complexity index is 789. The molecule has 1 aromatic carbocycles. The predicted molar refractivity (Wildman–Crippen MR) is 95.6 cm³/mol. The van der Waals surface area contributed by atoms with Crippen molar-refractivity contribution < 1.29 is 23.9 Å². The van der Waals surface area contributed by atoms with E-state index in [9.17, 15) is 19.2 Å². The van der Waals surface area contributed by atoms with Crippen LogP contribution in [0.4, 0.5) is 4.79 Å². The number of nitrogens with zero attached hydrogens (tertiary/aromatic N) is 1. The second-order valence-corrected chi connectivity index (χ2v) is 7.39. The van der Waals surface area contributed by atoms with Gasteiger partial charge in [-0.25, -0.2) is 9.59 Å². The minimum absolute atomic E-state index is 0.195. The molecule has 2 fully saturated rings. The second kappa shape index (κ2) is 7.56. The number of esters is 1. The number of imide groups is 1. The summed E-state index contributed by atoms with van der Waals surface area (Å²) < 4.78 is 4.90. The minimum atomic E-state index is -0.950. The van der Waals surface area contributed by atoms with Crippen LogP contribution < -0.4 is 10.7 Å². The fraction of sp³-hybridized carbons (Fsp3) is 0.444. The van der Waals surface area contributed by atoms with Gasteiger partial charge in [0.05, 0.1) is 5.56 Å². The van der Waals surface area contributed by atoms with Gasteiger partial charge >= 0.3 is 12.0 Å². The van der Waals surface area contributed by atoms with Crippen molar-refractivity contribution >= 4 is 35.4 Å². The molecule has 2 N–H and O–H groups in total. The molecule has 144 valence electrons. The molecule has 1 aromatic rings. The van der Waals surface area contributed by atoms with Crippen LogP contribution in [0.5, 0.6) is 0 Å². The standard InChI is InChI=1S/C18H20ClN3O5/c1-11-5-7-18(8-6-11)16(25)22(17(26)20-18)21-14(23)10-27-15(24)12-3-2-4-13(19)9-12/h2-4,9,11H,5-8,10H2,1H3,(H,20,26)(H,21,23). The number of nitrogens with one attached hydrogen (secondary N) is 2. The Kier molecular flexibility index (Phi) is 5.36. The molecule has 1 saturated heterocycles. The van der Waals surface area contributed by atoms with Gasteiger partial charge < -0.3 is 10.1 Å². The van der Waals surface area contributed by atoms with E-state index in [1.807, 2.05) is 0 Å². The quantitative estimate of drug-likeness (QED) is 0.601. The summed E-state index contributed by atoms with van der Waals surface area (Å²) in [7, 11) is 0. The largest absolute Gasteiger partial charge is 0.452 e. The smallest absolute Gasteiger partial charge is 0.344 e. The van der Waals surface area contributed by atoms with Crippen molar-refractivity contribution in [3.8, 4) is 0 Å². The zero-order valence-corrected chi connectivity index (χ0v) is 15.5. The fourth-order valence-electron chi connectivity index (χ4n) is 3.30. The average molecular weight is 394 g/mol. The lowest BCUT2D eigenvalue weighted by molar-refractivity contribution is -0.141. The van der Waals surface area contributed by atoms with Crippen LogP contribution in [0.25, 0.3) is 0 Å². The third-order valence-corrected chi connectivity index (χ3v) is 5.16. The monoisotopic (exact) mass is 393 g/mol. The first-order valence-electron chi connectivity index (χ1n) is 8.69. The normalized spacial score (nSPS) is 24.7. The van der Waals surface area contributed by atoms with E-state index in [4.69, 9.17) is 16.3 Å². The van der Waals surface area contributed by atoms with Crippen LogP contribution in [0, 0.1) is 5.92 Å². The lowest BCUT2D eigenvalue weighted by atomic mass is 9.77. The summed E-state index contributed by atoms with van der Waals surface area (Å²) >= 11 is 5.80. The summed E-state index contributed by atoms with van der Waals surface area (Å²) in [5.41, 5.74) is 1.45. The van der Waals surface area contributed by atoms with Crippen LogP contribution in [-0.2, 0) is 14.3 Å². The summed E-state index contributed by atoms with van der Waals surface area (Å²) in [5.74, 6) is -1.50. The highest BCUT2D eigenvalue weighted by Crippen LogP contribution is 2.35. The van der Waals surface area contributed by atoms with E-state index < -0.39 is 36.0 Å². The average Bonchev–Trinajstić information content (AvgIpc) is 2.86. The maximum Gasteiger partial charge on any atom is 0.344 e. The number of rotatable bonds is 4. The van der Waals surface area contributed by atoms with Gasteiger partial charge in [0.25, 0.3) is 11.8 Å². The van der Waals surface area contributed by atoms with Crippen molar-refractivity contribution in [2.24, 2.45) is 5.92 Å². The molecule has 9 heteroatoms. The lowest BCUT2D eigenvalue weighted by Gasteiger charge is -2.33. The van der Waals surface area contributed by atoms with Crippen LogP contribution in [-0.4, -0.2) is 41.0 Å². The van der Waals surface area contributed by atoms with E-state index in [1.165, 1.54) is 12.1 Å². The first-order valence-corrected chi connectivity index (χ1v) is 9.07. The van der Waals surface area contributed by atoms with Gasteiger partial charge in [-0.15, -0.1) is 0 Å². The van der Waals surface area contributed by atoms with Crippen molar-refractivity contribution in [2.75, 3.05) is 6.61 Å². The van der Waals surface area contributed by atoms with Crippen LogP contribution in [0.1, 0.15) is 43.0 Å². The Balaban J connectivity index is 1.55. The van der Waals surface area contributed by atoms with Gasteiger partial charge in [0.2, 0.25) is 0 Å². The van der Waals surface area contributed by atoms with Crippen molar-refractivity contribution in [3.05, 3.63) is 34.9 Å². The van der Waals surface area contributed by atoms with Crippen molar-refractivity contribution in [1.29, 1.82) is 0 Å². The molecule has 1 spiro atoms. The third kappa shape index (κ3) is 4.05. The number of hydrogen-bond acceptors (Lipinski definition) is 5. The van der Waals surface area contributed by atoms with Gasteiger partial charge in [-0.05, 0) is 49.8 Å². The van der Waals surface area contributed by atoms with E-state index in [0.29, 0.717) is 28.8 Å². The molecule has 1 heterocycles. The van der Waals surface area contributed by atoms with Crippen molar-refractivity contribution in [2.45, 2.75) is 38.1 Å². The van der Waals surface area contributed by atoms with Gasteiger partial charge in [-0.3, -0.25) is 15.0 Å². The first kappa shape index (κ1) is 19.2. The second-order valence-electron chi connectivity index (χ2n) is 6.96. The highest BCUT2D eigenvalue weighted by molar-refractivity contribution is 6.30. The van der Waals surface area contributed by atoms with E-state index in [0.717, 1.165) is 12.8 Å². The zero-order valence-electron chi connectivity index (χ0n) is 14.8. The maximum atomic E-state index is 12.6. The van der Waals surface area contributed by atoms with E-state index in [1.54, 1.807) is 12.1 Å². The van der Waals surface area contributed by atoms with E-state index >= 15 is 0 Å². The van der Waals surface area contributed by atoms with E-state index in [-0.39, 0.29) is 5.56 Å². The van der Waals surface area contributed by atoms with Crippen LogP contribution in [0.3, 0.4) is 0 Å². The molecule has 1 aliphatic carbocycles. The molecule has 4 amide bonds. The number of benzene rings is 1. The molecule has 0 atom stereocenters. The predicted octanol–water partition coefficient (Wildman–Crippen LogP) is 2.03. The number of urea groups is 1. The summed E-state index contributed by atoms with van der Waals surface area (Å²) in [5, 5.41) is 3.73. The lowest BCUT2D eigenvalue weighted by Crippen LogP contribution is -2.52. The number of carbonyl (C=O) groups excluding carboxylic acids is 4. The number of carbonyl (C=O) groups is 4. The van der Waals surface area contributed by atoms with Gasteiger partial charge in [-0.1, -0.05) is 24.6 Å². The van der Waals surface area contributed by atoms with Gasteiger partial charge in [0, 0.05) is 5.02 Å². The maximum absolute atomic E-state index is 12.6. The first-order chi connectivity index (χ1) is 12.8. The van der Waals surface area contributed by atoms with Crippen molar-refractivity contribution in [1.82, 2.24) is 15.8 Å². The number of ether oxygens (including phenoxy) is 1. The molecule has 0 bridgehead atoms. The van der Waals surface area contributed by atoms with Crippen LogP contribution in [0.15, 0.2) is 24.3 Å². The summed E-state index contributed by atoms with van der Waals surface area (Å²) in [6, 6.07) is 5.41.